The first-order valence-corrected chi connectivity index (χ1v) is 7.75. The van der Waals surface area contributed by atoms with Crippen molar-refractivity contribution in [3.63, 3.8) is 0 Å². The third kappa shape index (κ3) is 3.27. The Hall–Kier alpha value is -1.40. The fourth-order valence-electron chi connectivity index (χ4n) is 3.30. The Morgan fingerprint density at radius 2 is 2.33 bits per heavy atom. The molecular formula is C15H24N4O2. The third-order valence-corrected chi connectivity index (χ3v) is 4.37. The summed E-state index contributed by atoms with van der Waals surface area (Å²) in [5.41, 5.74) is 4.10. The van der Waals surface area contributed by atoms with Gasteiger partial charge in [0, 0.05) is 40.2 Å². The van der Waals surface area contributed by atoms with Gasteiger partial charge in [-0.05, 0) is 24.8 Å². The molecule has 1 atom stereocenters. The molecule has 21 heavy (non-hydrogen) atoms. The summed E-state index contributed by atoms with van der Waals surface area (Å²) in [6.45, 7) is 5.59. The van der Waals surface area contributed by atoms with Crippen LogP contribution in [0.1, 0.15) is 30.3 Å². The highest BCUT2D eigenvalue weighted by molar-refractivity contribution is 5.72. The van der Waals surface area contributed by atoms with Crippen molar-refractivity contribution in [3.05, 3.63) is 17.0 Å². The second-order valence-corrected chi connectivity index (χ2v) is 6.01. The quantitative estimate of drug-likeness (QED) is 0.864. The van der Waals surface area contributed by atoms with Crippen molar-refractivity contribution in [1.82, 2.24) is 20.0 Å². The SMILES string of the molecule is CC(=O)NCC1CN(Cc2c3c(nn2C)CCC3)CCO1. The Morgan fingerprint density at radius 1 is 1.48 bits per heavy atom. The summed E-state index contributed by atoms with van der Waals surface area (Å²) in [7, 11) is 2.04. The van der Waals surface area contributed by atoms with E-state index in [-0.39, 0.29) is 12.0 Å². The predicted molar refractivity (Wildman–Crippen MR) is 78.9 cm³/mol. The number of hydrogen-bond acceptors (Lipinski definition) is 4. The van der Waals surface area contributed by atoms with Crippen LogP contribution < -0.4 is 5.32 Å². The molecule has 1 saturated heterocycles. The first kappa shape index (κ1) is 14.5. The zero-order chi connectivity index (χ0) is 14.8. The lowest BCUT2D eigenvalue weighted by atomic mass is 10.1. The van der Waals surface area contributed by atoms with Gasteiger partial charge in [0.25, 0.3) is 0 Å². The van der Waals surface area contributed by atoms with E-state index < -0.39 is 0 Å². The molecule has 0 aromatic carbocycles. The summed E-state index contributed by atoms with van der Waals surface area (Å²) in [5, 5.41) is 7.48. The largest absolute Gasteiger partial charge is 0.374 e. The number of nitrogens with zero attached hydrogens (tertiary/aromatic N) is 3. The van der Waals surface area contributed by atoms with Crippen LogP contribution in [0.5, 0.6) is 0 Å². The number of carbonyl (C=O) groups excluding carboxylic acids is 1. The van der Waals surface area contributed by atoms with Gasteiger partial charge in [-0.25, -0.2) is 0 Å². The Balaban J connectivity index is 1.61. The molecule has 0 saturated carbocycles. The zero-order valence-corrected chi connectivity index (χ0v) is 12.9. The highest BCUT2D eigenvalue weighted by Crippen LogP contribution is 2.25. The third-order valence-electron chi connectivity index (χ3n) is 4.37. The molecule has 0 spiro atoms. The van der Waals surface area contributed by atoms with Crippen molar-refractivity contribution < 1.29 is 9.53 Å². The van der Waals surface area contributed by atoms with Gasteiger partial charge in [-0.2, -0.15) is 5.10 Å². The Labute approximate surface area is 125 Å². The van der Waals surface area contributed by atoms with Crippen LogP contribution in [0.3, 0.4) is 0 Å². The molecule has 1 aromatic rings. The van der Waals surface area contributed by atoms with Crippen molar-refractivity contribution in [2.45, 2.75) is 38.8 Å². The van der Waals surface area contributed by atoms with Gasteiger partial charge in [0.2, 0.25) is 5.91 Å². The molecule has 1 N–H and O–H groups in total. The lowest BCUT2D eigenvalue weighted by Crippen LogP contribution is -2.47. The second-order valence-electron chi connectivity index (χ2n) is 6.01. The van der Waals surface area contributed by atoms with Crippen LogP contribution in [0.2, 0.25) is 0 Å². The van der Waals surface area contributed by atoms with Gasteiger partial charge in [0.1, 0.15) is 0 Å². The van der Waals surface area contributed by atoms with E-state index in [1.54, 1.807) is 6.92 Å². The van der Waals surface area contributed by atoms with E-state index in [1.165, 1.54) is 23.4 Å². The molecule has 0 radical (unpaired) electrons. The van der Waals surface area contributed by atoms with Crippen LogP contribution in [0, 0.1) is 0 Å². The Kier molecular flexibility index (Phi) is 4.26. The lowest BCUT2D eigenvalue weighted by molar-refractivity contribution is -0.120. The van der Waals surface area contributed by atoms with Crippen LogP contribution in [-0.2, 0) is 36.0 Å². The summed E-state index contributed by atoms with van der Waals surface area (Å²) in [6.07, 6.45) is 3.61. The van der Waals surface area contributed by atoms with Crippen molar-refractivity contribution in [2.24, 2.45) is 7.05 Å². The van der Waals surface area contributed by atoms with Crippen LogP contribution in [0.15, 0.2) is 0 Å². The normalized spacial score (nSPS) is 22.3. The zero-order valence-electron chi connectivity index (χ0n) is 12.9. The Morgan fingerprint density at radius 3 is 3.14 bits per heavy atom. The van der Waals surface area contributed by atoms with Gasteiger partial charge in [0.15, 0.2) is 0 Å². The summed E-state index contributed by atoms with van der Waals surface area (Å²) in [6, 6.07) is 0. The molecule has 3 rings (SSSR count). The van der Waals surface area contributed by atoms with Crippen LogP contribution in [0.25, 0.3) is 0 Å². The standard InChI is InChI=1S/C15H24N4O2/c1-11(20)16-8-12-9-19(6-7-21-12)10-15-13-4-3-5-14(13)17-18(15)2/h12H,3-10H2,1-2H3,(H,16,20). The number of morpholine rings is 1. The number of rotatable bonds is 4. The van der Waals surface area contributed by atoms with Gasteiger partial charge < -0.3 is 10.1 Å². The van der Waals surface area contributed by atoms with Gasteiger partial charge >= 0.3 is 0 Å². The number of nitrogens with one attached hydrogen (secondary N) is 1. The van der Waals surface area contributed by atoms with Crippen molar-refractivity contribution in [1.29, 1.82) is 0 Å². The number of fused-ring (bicyclic) bond motifs is 1. The molecule has 1 aromatic heterocycles. The molecule has 6 nitrogen and oxygen atoms in total. The maximum absolute atomic E-state index is 11.0. The minimum absolute atomic E-state index is 0.000165. The highest BCUT2D eigenvalue weighted by Gasteiger charge is 2.25. The topological polar surface area (TPSA) is 59.4 Å². The second kappa shape index (κ2) is 6.15. The number of ether oxygens (including phenoxy) is 1. The molecule has 2 aliphatic rings. The summed E-state index contributed by atoms with van der Waals surface area (Å²) < 4.78 is 7.77. The van der Waals surface area contributed by atoms with Crippen molar-refractivity contribution >= 4 is 5.91 Å². The molecule has 0 bridgehead atoms. The number of amides is 1. The number of carbonyl (C=O) groups is 1. The molecule has 116 valence electrons. The summed E-state index contributed by atoms with van der Waals surface area (Å²) >= 11 is 0. The van der Waals surface area contributed by atoms with E-state index in [9.17, 15) is 4.79 Å². The fourth-order valence-corrected chi connectivity index (χ4v) is 3.30. The van der Waals surface area contributed by atoms with Crippen molar-refractivity contribution in [3.8, 4) is 0 Å². The van der Waals surface area contributed by atoms with Gasteiger partial charge in [-0.3, -0.25) is 14.4 Å². The minimum Gasteiger partial charge on any atom is -0.374 e. The molecule has 1 unspecified atom stereocenters. The average Bonchev–Trinajstić information content (AvgIpc) is 3.00. The Bertz CT molecular complexity index is 526. The van der Waals surface area contributed by atoms with Crippen LogP contribution >= 0.6 is 0 Å². The maximum atomic E-state index is 11.0. The predicted octanol–water partition coefficient (Wildman–Crippen LogP) is 0.246. The average molecular weight is 292 g/mol. The monoisotopic (exact) mass is 292 g/mol. The van der Waals surface area contributed by atoms with Crippen molar-refractivity contribution in [2.75, 3.05) is 26.2 Å². The van der Waals surface area contributed by atoms with Gasteiger partial charge in [-0.1, -0.05) is 0 Å². The summed E-state index contributed by atoms with van der Waals surface area (Å²) in [4.78, 5) is 13.4. The number of aromatic nitrogens is 2. The molecule has 6 heteroatoms. The summed E-state index contributed by atoms with van der Waals surface area (Å²) in [5.74, 6) is 0.000165. The van der Waals surface area contributed by atoms with Crippen LogP contribution in [-0.4, -0.2) is 52.9 Å². The molecule has 1 aliphatic carbocycles. The first-order chi connectivity index (χ1) is 10.1. The van der Waals surface area contributed by atoms with E-state index in [1.807, 2.05) is 11.7 Å². The first-order valence-electron chi connectivity index (χ1n) is 7.75. The van der Waals surface area contributed by atoms with E-state index >= 15 is 0 Å². The van der Waals surface area contributed by atoms with E-state index in [0.29, 0.717) is 6.54 Å². The fraction of sp³-hybridized carbons (Fsp3) is 0.733. The van der Waals surface area contributed by atoms with E-state index in [0.717, 1.165) is 39.1 Å². The van der Waals surface area contributed by atoms with Crippen LogP contribution in [0.4, 0.5) is 0 Å². The molecule has 1 fully saturated rings. The van der Waals surface area contributed by atoms with E-state index in [2.05, 4.69) is 15.3 Å². The molecule has 1 amide bonds. The smallest absolute Gasteiger partial charge is 0.216 e. The minimum atomic E-state index is 0.000165. The molecule has 1 aliphatic heterocycles. The van der Waals surface area contributed by atoms with Gasteiger partial charge in [0.05, 0.1) is 24.1 Å². The highest BCUT2D eigenvalue weighted by atomic mass is 16.5. The van der Waals surface area contributed by atoms with E-state index in [4.69, 9.17) is 4.74 Å². The molecular weight excluding hydrogens is 268 g/mol. The maximum Gasteiger partial charge on any atom is 0.216 e. The lowest BCUT2D eigenvalue weighted by Gasteiger charge is -2.33. The van der Waals surface area contributed by atoms with Gasteiger partial charge in [-0.15, -0.1) is 0 Å². The number of aryl methyl sites for hydroxylation is 2. The number of hydrogen-bond donors (Lipinski definition) is 1. The molecule has 2 heterocycles.